The highest BCUT2D eigenvalue weighted by atomic mass is 14.9. The second-order valence-corrected chi connectivity index (χ2v) is 6.40. The molecule has 0 saturated carbocycles. The molecule has 0 aliphatic carbocycles. The summed E-state index contributed by atoms with van der Waals surface area (Å²) in [6.45, 7) is 8.68. The minimum Gasteiger partial charge on any atom is -0.399 e. The normalized spacial score (nSPS) is 13.2. The molecule has 2 N–H and O–H groups in total. The highest BCUT2D eigenvalue weighted by Crippen LogP contribution is 2.23. The Kier molecular flexibility index (Phi) is 4.07. The van der Waals surface area contributed by atoms with Crippen LogP contribution in [0, 0.1) is 0 Å². The third-order valence-corrected chi connectivity index (χ3v) is 3.41. The summed E-state index contributed by atoms with van der Waals surface area (Å²) in [6, 6.07) is 10.0. The summed E-state index contributed by atoms with van der Waals surface area (Å²) in [5.41, 5.74) is 8.91. The number of hydrogen-bond donors (Lipinski definition) is 1. The van der Waals surface area contributed by atoms with Crippen molar-refractivity contribution >= 4 is 5.69 Å². The van der Waals surface area contributed by atoms with Gasteiger partial charge in [-0.3, -0.25) is 0 Å². The topological polar surface area (TPSA) is 51.8 Å². The van der Waals surface area contributed by atoms with E-state index in [2.05, 4.69) is 44.8 Å². The van der Waals surface area contributed by atoms with Gasteiger partial charge in [0.15, 0.2) is 0 Å². The van der Waals surface area contributed by atoms with E-state index in [0.29, 0.717) is 5.92 Å². The van der Waals surface area contributed by atoms with Crippen molar-refractivity contribution in [3.8, 4) is 0 Å². The molecule has 2 rings (SSSR count). The van der Waals surface area contributed by atoms with Crippen molar-refractivity contribution < 1.29 is 0 Å². The smallest absolute Gasteiger partial charge is 0.131 e. The molecule has 0 aliphatic rings. The Labute approximate surface area is 121 Å². The highest BCUT2D eigenvalue weighted by molar-refractivity contribution is 5.39. The van der Waals surface area contributed by atoms with Crippen molar-refractivity contribution in [2.75, 3.05) is 5.73 Å². The largest absolute Gasteiger partial charge is 0.399 e. The Morgan fingerprint density at radius 3 is 2.35 bits per heavy atom. The lowest BCUT2D eigenvalue weighted by molar-refractivity contribution is 0.554. The van der Waals surface area contributed by atoms with E-state index in [-0.39, 0.29) is 5.41 Å². The van der Waals surface area contributed by atoms with E-state index in [1.807, 2.05) is 24.4 Å². The summed E-state index contributed by atoms with van der Waals surface area (Å²) >= 11 is 0. The van der Waals surface area contributed by atoms with Crippen LogP contribution in [0.4, 0.5) is 5.69 Å². The first-order chi connectivity index (χ1) is 9.36. The van der Waals surface area contributed by atoms with Crippen molar-refractivity contribution in [3.63, 3.8) is 0 Å². The second kappa shape index (κ2) is 5.61. The summed E-state index contributed by atoms with van der Waals surface area (Å²) in [5.74, 6) is 1.20. The van der Waals surface area contributed by atoms with Crippen LogP contribution in [-0.2, 0) is 11.8 Å². The van der Waals surface area contributed by atoms with Crippen molar-refractivity contribution in [1.82, 2.24) is 9.97 Å². The van der Waals surface area contributed by atoms with Gasteiger partial charge in [-0.05, 0) is 30.2 Å². The fourth-order valence-corrected chi connectivity index (χ4v) is 2.13. The number of anilines is 1. The first-order valence-electron chi connectivity index (χ1n) is 7.04. The number of benzene rings is 1. The van der Waals surface area contributed by atoms with E-state index in [1.54, 1.807) is 0 Å². The lowest BCUT2D eigenvalue weighted by Gasteiger charge is -2.19. The predicted molar refractivity (Wildman–Crippen MR) is 83.7 cm³/mol. The molecule has 1 atom stereocenters. The lowest BCUT2D eigenvalue weighted by atomic mass is 9.91. The summed E-state index contributed by atoms with van der Waals surface area (Å²) < 4.78 is 0. The molecule has 1 unspecified atom stereocenters. The molecule has 0 fully saturated rings. The maximum Gasteiger partial charge on any atom is 0.131 e. The third kappa shape index (κ3) is 3.56. The van der Waals surface area contributed by atoms with E-state index in [4.69, 9.17) is 10.7 Å². The Morgan fingerprint density at radius 1 is 1.10 bits per heavy atom. The quantitative estimate of drug-likeness (QED) is 0.864. The van der Waals surface area contributed by atoms with Gasteiger partial charge in [-0.2, -0.15) is 0 Å². The zero-order valence-corrected chi connectivity index (χ0v) is 12.7. The molecule has 0 spiro atoms. The van der Waals surface area contributed by atoms with Gasteiger partial charge in [0.05, 0.1) is 0 Å². The van der Waals surface area contributed by atoms with Crippen LogP contribution in [0.1, 0.15) is 50.7 Å². The Balaban J connectivity index is 2.17. The Bertz CT molecular complexity index is 568. The van der Waals surface area contributed by atoms with E-state index >= 15 is 0 Å². The van der Waals surface area contributed by atoms with Gasteiger partial charge in [0.2, 0.25) is 0 Å². The van der Waals surface area contributed by atoms with E-state index in [1.165, 1.54) is 5.56 Å². The molecule has 1 aromatic carbocycles. The van der Waals surface area contributed by atoms with Crippen LogP contribution in [0.3, 0.4) is 0 Å². The standard InChI is InChI=1S/C17H23N3/c1-12(11-13-5-7-14(18)8-6-13)16-19-10-9-15(20-16)17(2,3)4/h5-10,12H,11,18H2,1-4H3. The predicted octanol–water partition coefficient (Wildman–Crippen LogP) is 3.70. The number of nitrogens with two attached hydrogens (primary N) is 1. The van der Waals surface area contributed by atoms with Gasteiger partial charge in [-0.1, -0.05) is 39.8 Å². The first kappa shape index (κ1) is 14.5. The van der Waals surface area contributed by atoms with Gasteiger partial charge >= 0.3 is 0 Å². The molecule has 0 amide bonds. The average Bonchev–Trinajstić information content (AvgIpc) is 2.40. The number of nitrogens with zero attached hydrogens (tertiary/aromatic N) is 2. The monoisotopic (exact) mass is 269 g/mol. The van der Waals surface area contributed by atoms with Crippen LogP contribution in [0.25, 0.3) is 0 Å². The van der Waals surface area contributed by atoms with Gasteiger partial charge < -0.3 is 5.73 Å². The molecule has 1 aromatic heterocycles. The molecule has 0 bridgehead atoms. The van der Waals surface area contributed by atoms with Gasteiger partial charge in [0.1, 0.15) is 5.82 Å². The SMILES string of the molecule is CC(Cc1ccc(N)cc1)c1nccc(C(C)(C)C)n1. The number of hydrogen-bond acceptors (Lipinski definition) is 3. The van der Waals surface area contributed by atoms with Crippen molar-refractivity contribution in [2.24, 2.45) is 0 Å². The minimum absolute atomic E-state index is 0.0542. The maximum absolute atomic E-state index is 5.71. The fraction of sp³-hybridized carbons (Fsp3) is 0.412. The van der Waals surface area contributed by atoms with Crippen molar-refractivity contribution in [2.45, 2.75) is 45.4 Å². The van der Waals surface area contributed by atoms with Gasteiger partial charge in [-0.25, -0.2) is 9.97 Å². The van der Waals surface area contributed by atoms with Crippen LogP contribution < -0.4 is 5.73 Å². The summed E-state index contributed by atoms with van der Waals surface area (Å²) in [4.78, 5) is 9.15. The number of rotatable bonds is 3. The molecule has 2 aromatic rings. The van der Waals surface area contributed by atoms with Crippen LogP contribution in [0.5, 0.6) is 0 Å². The van der Waals surface area contributed by atoms with Crippen LogP contribution in [0.2, 0.25) is 0 Å². The van der Waals surface area contributed by atoms with Crippen LogP contribution >= 0.6 is 0 Å². The third-order valence-electron chi connectivity index (χ3n) is 3.41. The zero-order valence-electron chi connectivity index (χ0n) is 12.7. The van der Waals surface area contributed by atoms with Crippen LogP contribution in [-0.4, -0.2) is 9.97 Å². The number of aromatic nitrogens is 2. The van der Waals surface area contributed by atoms with E-state index in [9.17, 15) is 0 Å². The fourth-order valence-electron chi connectivity index (χ4n) is 2.13. The molecule has 106 valence electrons. The van der Waals surface area contributed by atoms with Gasteiger partial charge in [0, 0.05) is 28.9 Å². The number of nitrogen functional groups attached to an aromatic ring is 1. The summed E-state index contributed by atoms with van der Waals surface area (Å²) in [6.07, 6.45) is 2.79. The van der Waals surface area contributed by atoms with E-state index < -0.39 is 0 Å². The lowest BCUT2D eigenvalue weighted by Crippen LogP contribution is -2.16. The highest BCUT2D eigenvalue weighted by Gasteiger charge is 2.18. The molecule has 0 aliphatic heterocycles. The van der Waals surface area contributed by atoms with E-state index in [0.717, 1.165) is 23.6 Å². The maximum atomic E-state index is 5.71. The second-order valence-electron chi connectivity index (χ2n) is 6.40. The summed E-state index contributed by atoms with van der Waals surface area (Å²) in [5, 5.41) is 0. The molecule has 20 heavy (non-hydrogen) atoms. The molecular formula is C17H23N3. The molecule has 3 nitrogen and oxygen atoms in total. The minimum atomic E-state index is 0.0542. The molecule has 0 radical (unpaired) electrons. The van der Waals surface area contributed by atoms with Crippen molar-refractivity contribution in [3.05, 3.63) is 53.6 Å². The van der Waals surface area contributed by atoms with Crippen molar-refractivity contribution in [1.29, 1.82) is 0 Å². The summed E-state index contributed by atoms with van der Waals surface area (Å²) in [7, 11) is 0. The first-order valence-corrected chi connectivity index (χ1v) is 7.04. The van der Waals surface area contributed by atoms with Crippen LogP contribution in [0.15, 0.2) is 36.5 Å². The molecular weight excluding hydrogens is 246 g/mol. The van der Waals surface area contributed by atoms with Gasteiger partial charge in [-0.15, -0.1) is 0 Å². The molecule has 1 heterocycles. The Morgan fingerprint density at radius 2 is 1.75 bits per heavy atom. The zero-order chi connectivity index (χ0) is 14.8. The molecule has 0 saturated heterocycles. The Hall–Kier alpha value is -1.90. The van der Waals surface area contributed by atoms with Gasteiger partial charge in [0.25, 0.3) is 0 Å². The average molecular weight is 269 g/mol. The molecule has 3 heteroatoms.